The predicted molar refractivity (Wildman–Crippen MR) is 452 cm³/mol. The first kappa shape index (κ1) is 99.1. The van der Waals surface area contributed by atoms with Crippen LogP contribution in [0.2, 0.25) is 54.4 Å². The van der Waals surface area contributed by atoms with E-state index >= 15 is 0 Å². The summed E-state index contributed by atoms with van der Waals surface area (Å²) in [4.78, 5) is 60.2. The van der Waals surface area contributed by atoms with E-state index in [1.807, 2.05) is 4.90 Å². The second-order valence-corrected chi connectivity index (χ2v) is 55.2. The Morgan fingerprint density at radius 2 is 0.624 bits per heavy atom. The van der Waals surface area contributed by atoms with Crippen LogP contribution in [-0.2, 0) is 44.5 Å². The Morgan fingerprint density at radius 1 is 0.376 bits per heavy atom. The smallest absolute Gasteiger partial charge is 0.412 e. The summed E-state index contributed by atoms with van der Waals surface area (Å²) in [6.45, 7) is 32.9. The normalized spacial score (nSPS) is 25.8. The first-order valence-electron chi connectivity index (χ1n) is 41.4. The van der Waals surface area contributed by atoms with Crippen LogP contribution in [0.1, 0.15) is 186 Å². The highest BCUT2D eigenvalue weighted by molar-refractivity contribution is 7.20. The van der Waals surface area contributed by atoms with E-state index in [9.17, 15) is 121 Å². The molecule has 10 saturated heterocycles. The van der Waals surface area contributed by atoms with Gasteiger partial charge in [0.2, 0.25) is 0 Å². The Kier molecular flexibility index (Phi) is 28.3. The third-order valence-electron chi connectivity index (χ3n) is 27.3. The lowest BCUT2D eigenvalue weighted by Crippen LogP contribution is -2.47. The van der Waals surface area contributed by atoms with Crippen LogP contribution in [0.5, 0.6) is 0 Å². The van der Waals surface area contributed by atoms with Crippen LogP contribution in [0.3, 0.4) is 0 Å². The van der Waals surface area contributed by atoms with E-state index in [4.69, 9.17) is 25.7 Å². The number of rotatable bonds is 13. The highest BCUT2D eigenvalue weighted by Gasteiger charge is 2.56. The molecule has 4 N–H and O–H groups in total. The Bertz CT molecular complexity index is 4700. The molecule has 0 amide bonds. The maximum atomic E-state index is 13.4. The van der Waals surface area contributed by atoms with Crippen molar-refractivity contribution in [2.24, 2.45) is 0 Å². The Hall–Kier alpha value is -8.10. The molecule has 125 heavy (non-hydrogen) atoms. The SMILES string of the molecule is CC(C)(C)[Si](C)(C)Cl.CC(C)(C)[Si](C)(C)OC1CC2CCC1N2c1ccc(N)c(C(F)(F)F)c1.CC(C)(C)[Si](C)(C)OC1CC2CCC1N2c1ccc([N+](=O)[O-])c(C(F)(F)F)c1.O=C1CC2CCC1N2c1ccc([N+](=O)[O-])c(C(F)(F)F)c1.O=[N+]([O-])c1ccc(N2C3CCC2C(O)C3)cc1C(F)(F)F.O=[N+]([O-])c1ccc(N2C3CCC2C(O)C3)cc1C(F)(F)F. The number of halogens is 16. The molecule has 42 heteroatoms. The summed E-state index contributed by atoms with van der Waals surface area (Å²) < 4.78 is 210. The highest BCUT2D eigenvalue weighted by Crippen LogP contribution is 2.54. The maximum Gasteiger partial charge on any atom is 0.423 e. The molecule has 10 aliphatic rings. The fraction of sp³-hybridized carbons (Fsp3) is 0.627. The molecule has 0 aromatic heterocycles. The van der Waals surface area contributed by atoms with Crippen LogP contribution in [0, 0.1) is 40.5 Å². The summed E-state index contributed by atoms with van der Waals surface area (Å²) in [5, 5.41) is 63.5. The molecule has 0 spiro atoms. The number of alkyl halides is 15. The van der Waals surface area contributed by atoms with E-state index in [1.165, 1.54) is 36.4 Å². The van der Waals surface area contributed by atoms with Gasteiger partial charge in [0.1, 0.15) is 22.3 Å². The summed E-state index contributed by atoms with van der Waals surface area (Å²) in [6, 6.07) is 16.3. The monoisotopic (exact) mass is 1860 g/mol. The van der Waals surface area contributed by atoms with Crippen molar-refractivity contribution < 1.29 is 109 Å². The third kappa shape index (κ3) is 21.4. The van der Waals surface area contributed by atoms with E-state index in [0.717, 1.165) is 119 Å². The average Bonchev–Trinajstić information content (AvgIpc) is 1.62. The van der Waals surface area contributed by atoms with Gasteiger partial charge < -0.3 is 49.3 Å². The van der Waals surface area contributed by atoms with E-state index in [2.05, 4.69) is 106 Å². The third-order valence-corrected chi connectivity index (χ3v) is 41.6. The number of hydrogen-bond donors (Lipinski definition) is 3. The van der Waals surface area contributed by atoms with Crippen molar-refractivity contribution >= 4 is 97.8 Å². The molecule has 0 saturated carbocycles. The number of hydrogen-bond acceptors (Lipinski definition) is 19. The molecule has 10 fully saturated rings. The lowest BCUT2D eigenvalue weighted by Gasteiger charge is -2.40. The van der Waals surface area contributed by atoms with Gasteiger partial charge in [-0.25, -0.2) is 0 Å². The number of carbonyl (C=O) groups excluding carboxylic acids is 1. The largest absolute Gasteiger partial charge is 0.423 e. The number of nitro groups is 4. The molecular formula is C83H108ClF15N10O13Si3. The quantitative estimate of drug-likeness (QED) is 0.0246. The maximum absolute atomic E-state index is 13.4. The average molecular weight is 1860 g/mol. The number of benzene rings is 5. The zero-order valence-corrected chi connectivity index (χ0v) is 75.6. The number of Topliss-reactive ketones (excluding diaryl/α,β-unsaturated/α-hetero) is 1. The summed E-state index contributed by atoms with van der Waals surface area (Å²) in [5.74, 6) is 0.0261. The van der Waals surface area contributed by atoms with Crippen LogP contribution >= 0.6 is 11.1 Å². The Balaban J connectivity index is 0.000000160. The van der Waals surface area contributed by atoms with Gasteiger partial charge in [-0.05, 0) is 198 Å². The van der Waals surface area contributed by atoms with Crippen LogP contribution in [-0.4, -0.2) is 145 Å². The van der Waals surface area contributed by atoms with E-state index in [1.54, 1.807) is 20.8 Å². The minimum absolute atomic E-state index is 0.00698. The predicted octanol–water partition coefficient (Wildman–Crippen LogP) is 22.7. The number of fused-ring (bicyclic) bond motifs is 10. The van der Waals surface area contributed by atoms with Crippen LogP contribution in [0.15, 0.2) is 91.0 Å². The zero-order chi connectivity index (χ0) is 93.6. The molecular weight excluding hydrogens is 1750 g/mol. The second kappa shape index (κ2) is 35.7. The van der Waals surface area contributed by atoms with Crippen molar-refractivity contribution in [3.05, 3.63) is 159 Å². The molecule has 10 heterocycles. The first-order valence-corrected chi connectivity index (χ1v) is 51.2. The van der Waals surface area contributed by atoms with E-state index in [0.29, 0.717) is 42.1 Å². The molecule has 5 aromatic rings. The number of carbonyl (C=O) groups is 1. The molecule has 692 valence electrons. The molecule has 14 unspecified atom stereocenters. The molecule has 15 rings (SSSR count). The lowest BCUT2D eigenvalue weighted by molar-refractivity contribution is -0.388. The summed E-state index contributed by atoms with van der Waals surface area (Å²) in [6.07, 6.45) is -13.3. The van der Waals surface area contributed by atoms with Crippen molar-refractivity contribution in [2.75, 3.05) is 30.2 Å². The van der Waals surface area contributed by atoms with Crippen molar-refractivity contribution in [1.82, 2.24) is 0 Å². The lowest BCUT2D eigenvalue weighted by atomic mass is 9.98. The van der Waals surface area contributed by atoms with E-state index < -0.39 is 143 Å². The zero-order valence-electron chi connectivity index (χ0n) is 71.9. The van der Waals surface area contributed by atoms with Gasteiger partial charge in [-0.3, -0.25) is 45.3 Å². The minimum atomic E-state index is -4.80. The van der Waals surface area contributed by atoms with Gasteiger partial charge >= 0.3 is 30.9 Å². The molecule has 10 bridgehead atoms. The van der Waals surface area contributed by atoms with Gasteiger partial charge in [-0.2, -0.15) is 76.9 Å². The van der Waals surface area contributed by atoms with Gasteiger partial charge in [0.15, 0.2) is 29.8 Å². The molecule has 10 aliphatic heterocycles. The number of nitrogen functional groups attached to an aromatic ring is 1. The van der Waals surface area contributed by atoms with Gasteiger partial charge in [0, 0.05) is 95.0 Å². The summed E-state index contributed by atoms with van der Waals surface area (Å²) in [5.41, 5.74) is -2.32. The standard InChI is InChI=1S/C19H27F3N2O3Si.C19H29F3N2OSi.2C13H13F3N2O3.C13H11F3N2O3.C6H15ClSi/c1-18(2,3)28(4,5)27-17-11-13-7-9-16(17)23(13)12-6-8-15(24(25)26)14(10-12)19(20,21)22;1-18(2,3)26(4,5)25-17-11-13-7-9-16(17)24(13)12-6-8-15(23)14(10-12)19(20,21)22;3*14-13(15,16)9-5-7(1-3-10(9)18(20)21)17-8-2-4-11(17)12(19)6-8;1-6(2,3)8(4,5)7/h6,8,10,13,16-17H,7,9,11H2,1-5H3;6,8,10,13,16-17H,7,9,11,23H2,1-5H3;2*1,3,5,8,11-12,19H,2,4,6H2;1,3,5,8,11H,2,4,6H2;1-5H3. The number of aliphatic hydroxyl groups is 2. The number of nitrogens with zero attached hydrogens (tertiary/aromatic N) is 9. The van der Waals surface area contributed by atoms with Crippen LogP contribution in [0.4, 0.5) is 123 Å². The number of aliphatic hydroxyl groups excluding tert-OH is 2. The van der Waals surface area contributed by atoms with Gasteiger partial charge in [-0.15, -0.1) is 0 Å². The fourth-order valence-electron chi connectivity index (χ4n) is 18.1. The Morgan fingerprint density at radius 3 is 0.848 bits per heavy atom. The molecule has 23 nitrogen and oxygen atoms in total. The van der Waals surface area contributed by atoms with Gasteiger partial charge in [-0.1, -0.05) is 75.4 Å². The molecule has 5 aromatic carbocycles. The second-order valence-electron chi connectivity index (χ2n) is 38.4. The molecule has 0 radical (unpaired) electrons. The van der Waals surface area contributed by atoms with Crippen LogP contribution in [0.25, 0.3) is 0 Å². The summed E-state index contributed by atoms with van der Waals surface area (Å²) in [7, 11) is -5.30. The fourth-order valence-corrected chi connectivity index (χ4v) is 20.9. The number of nitro benzene ring substituents is 4. The van der Waals surface area contributed by atoms with Crippen molar-refractivity contribution in [1.29, 1.82) is 0 Å². The van der Waals surface area contributed by atoms with Crippen molar-refractivity contribution in [3.63, 3.8) is 0 Å². The van der Waals surface area contributed by atoms with Gasteiger partial charge in [0.25, 0.3) is 22.7 Å². The Labute approximate surface area is 722 Å². The number of nitrogens with two attached hydrogens (primary N) is 1. The first-order chi connectivity index (χ1) is 57.1. The minimum Gasteiger partial charge on any atom is -0.412 e. The van der Waals surface area contributed by atoms with E-state index in [-0.39, 0.29) is 105 Å². The van der Waals surface area contributed by atoms with Crippen LogP contribution < -0.4 is 30.2 Å². The van der Waals surface area contributed by atoms with Gasteiger partial charge in [0.05, 0.1) is 79.9 Å². The molecule has 0 aliphatic carbocycles. The van der Waals surface area contributed by atoms with Crippen molar-refractivity contribution in [2.45, 2.75) is 329 Å². The topological polar surface area (TPSA) is 291 Å². The number of ketones is 1. The molecule has 14 atom stereocenters. The summed E-state index contributed by atoms with van der Waals surface area (Å²) >= 11 is 6.15. The van der Waals surface area contributed by atoms with Crippen molar-refractivity contribution in [3.8, 4) is 0 Å². The highest BCUT2D eigenvalue weighted by atomic mass is 35.6. The number of anilines is 6.